The molecule has 5 heteroatoms. The fourth-order valence-electron chi connectivity index (χ4n) is 3.78. The van der Waals surface area contributed by atoms with Gasteiger partial charge in [-0.05, 0) is 43.9 Å². The number of nitrogens with zero attached hydrogens (tertiary/aromatic N) is 3. The monoisotopic (exact) mass is 341 g/mol. The molecule has 1 aliphatic rings. The van der Waals surface area contributed by atoms with E-state index >= 15 is 0 Å². The van der Waals surface area contributed by atoms with Crippen molar-refractivity contribution in [3.05, 3.63) is 52.2 Å². The van der Waals surface area contributed by atoms with E-state index in [-0.39, 0.29) is 23.8 Å². The van der Waals surface area contributed by atoms with Gasteiger partial charge in [-0.1, -0.05) is 25.7 Å². The van der Waals surface area contributed by atoms with E-state index in [9.17, 15) is 9.59 Å². The van der Waals surface area contributed by atoms with E-state index < -0.39 is 0 Å². The zero-order chi connectivity index (χ0) is 17.8. The fourth-order valence-corrected chi connectivity index (χ4v) is 3.78. The minimum Gasteiger partial charge on any atom is -0.305 e. The minimum atomic E-state index is -0.386. The summed E-state index contributed by atoms with van der Waals surface area (Å²) in [4.78, 5) is 25.5. The van der Waals surface area contributed by atoms with Crippen LogP contribution in [0.15, 0.2) is 35.4 Å². The third-order valence-electron chi connectivity index (χ3n) is 5.22. The highest BCUT2D eigenvalue weighted by Crippen LogP contribution is 2.32. The first-order valence-electron chi connectivity index (χ1n) is 9.30. The summed E-state index contributed by atoms with van der Waals surface area (Å²) < 4.78 is 3.46. The van der Waals surface area contributed by atoms with Crippen LogP contribution < -0.4 is 5.56 Å². The van der Waals surface area contributed by atoms with Gasteiger partial charge < -0.3 is 4.57 Å². The summed E-state index contributed by atoms with van der Waals surface area (Å²) in [6.45, 7) is 4.71. The maximum Gasteiger partial charge on any atom is 0.251 e. The van der Waals surface area contributed by atoms with Gasteiger partial charge in [0.2, 0.25) is 0 Å². The first-order valence-corrected chi connectivity index (χ1v) is 9.30. The SMILES string of the molecule is CCn1ccc(CC(=O)[C@H](CC2CCCC2)n2ccc(C)cc2=O)n1. The van der Waals surface area contributed by atoms with Crippen LogP contribution >= 0.6 is 0 Å². The molecular formula is C20H27N3O2. The van der Waals surface area contributed by atoms with Crippen LogP contribution in [-0.4, -0.2) is 20.1 Å². The predicted octanol–water partition coefficient (Wildman–Crippen LogP) is 3.31. The van der Waals surface area contributed by atoms with Crippen molar-refractivity contribution in [3.63, 3.8) is 0 Å². The number of carbonyl (C=O) groups excluding carboxylic acids is 1. The number of aromatic nitrogens is 3. The number of carbonyl (C=O) groups is 1. The van der Waals surface area contributed by atoms with Crippen molar-refractivity contribution in [3.8, 4) is 0 Å². The minimum absolute atomic E-state index is 0.0826. The van der Waals surface area contributed by atoms with Crippen LogP contribution in [0.25, 0.3) is 0 Å². The molecule has 3 rings (SSSR count). The number of aryl methyl sites for hydroxylation is 2. The lowest BCUT2D eigenvalue weighted by Crippen LogP contribution is -2.31. The molecule has 1 atom stereocenters. The second-order valence-corrected chi connectivity index (χ2v) is 7.16. The zero-order valence-electron chi connectivity index (χ0n) is 15.1. The highest BCUT2D eigenvalue weighted by atomic mass is 16.1. The molecule has 2 aromatic rings. The third-order valence-corrected chi connectivity index (χ3v) is 5.22. The zero-order valence-corrected chi connectivity index (χ0v) is 15.1. The lowest BCUT2D eigenvalue weighted by molar-refractivity contribution is -0.122. The Labute approximate surface area is 148 Å². The van der Waals surface area contributed by atoms with Gasteiger partial charge in [-0.25, -0.2) is 0 Å². The number of hydrogen-bond acceptors (Lipinski definition) is 3. The van der Waals surface area contributed by atoms with Gasteiger partial charge in [0, 0.05) is 25.0 Å². The molecule has 5 nitrogen and oxygen atoms in total. The fraction of sp³-hybridized carbons (Fsp3) is 0.550. The van der Waals surface area contributed by atoms with Gasteiger partial charge in [0.25, 0.3) is 5.56 Å². The van der Waals surface area contributed by atoms with Crippen LogP contribution in [0.1, 0.15) is 56.3 Å². The smallest absolute Gasteiger partial charge is 0.251 e. The second-order valence-electron chi connectivity index (χ2n) is 7.16. The summed E-state index contributed by atoms with van der Waals surface area (Å²) >= 11 is 0. The van der Waals surface area contributed by atoms with Gasteiger partial charge in [-0.2, -0.15) is 5.10 Å². The van der Waals surface area contributed by atoms with E-state index in [0.29, 0.717) is 5.92 Å². The van der Waals surface area contributed by atoms with Crippen LogP contribution in [0.3, 0.4) is 0 Å². The Hall–Kier alpha value is -2.17. The summed E-state index contributed by atoms with van der Waals surface area (Å²) in [6.07, 6.45) is 9.50. The van der Waals surface area contributed by atoms with Crippen LogP contribution in [-0.2, 0) is 17.8 Å². The van der Waals surface area contributed by atoms with Crippen molar-refractivity contribution in [2.45, 2.75) is 65.0 Å². The van der Waals surface area contributed by atoms with Crippen LogP contribution in [0.5, 0.6) is 0 Å². The van der Waals surface area contributed by atoms with Crippen molar-refractivity contribution in [1.82, 2.24) is 14.3 Å². The van der Waals surface area contributed by atoms with Gasteiger partial charge in [-0.3, -0.25) is 14.3 Å². The summed E-state index contributed by atoms with van der Waals surface area (Å²) in [5.74, 6) is 0.620. The standard InChI is InChI=1S/C20H27N3O2/c1-3-22-10-9-17(21-22)14-19(24)18(13-16-6-4-5-7-16)23-11-8-15(2)12-20(23)25/h8-12,16,18H,3-7,13-14H2,1-2H3/t18-/m0/s1. The quantitative estimate of drug-likeness (QED) is 0.776. The Morgan fingerprint density at radius 2 is 2.04 bits per heavy atom. The summed E-state index contributed by atoms with van der Waals surface area (Å²) in [5.41, 5.74) is 1.62. The molecule has 0 N–H and O–H groups in total. The largest absolute Gasteiger partial charge is 0.305 e. The third kappa shape index (κ3) is 4.27. The van der Waals surface area contributed by atoms with Gasteiger partial charge in [0.15, 0.2) is 5.78 Å². The first kappa shape index (κ1) is 17.6. The Kier molecular flexibility index (Phi) is 5.51. The molecule has 0 aliphatic heterocycles. The summed E-state index contributed by atoms with van der Waals surface area (Å²) in [7, 11) is 0. The Morgan fingerprint density at radius 1 is 1.28 bits per heavy atom. The van der Waals surface area contributed by atoms with E-state index in [1.54, 1.807) is 16.8 Å². The molecule has 1 saturated carbocycles. The molecule has 0 spiro atoms. The van der Waals surface area contributed by atoms with Crippen molar-refractivity contribution in [1.29, 1.82) is 0 Å². The molecule has 25 heavy (non-hydrogen) atoms. The number of Topliss-reactive ketones (excluding diaryl/α,β-unsaturated/α-hetero) is 1. The normalized spacial score (nSPS) is 16.2. The Morgan fingerprint density at radius 3 is 2.68 bits per heavy atom. The van der Waals surface area contributed by atoms with Crippen molar-refractivity contribution in [2.75, 3.05) is 0 Å². The van der Waals surface area contributed by atoms with Crippen LogP contribution in [0, 0.1) is 12.8 Å². The molecule has 0 unspecified atom stereocenters. The highest BCUT2D eigenvalue weighted by molar-refractivity contribution is 5.84. The first-order chi connectivity index (χ1) is 12.1. The van der Waals surface area contributed by atoms with E-state index in [4.69, 9.17) is 0 Å². The van der Waals surface area contributed by atoms with Gasteiger partial charge in [-0.15, -0.1) is 0 Å². The number of ketones is 1. The lowest BCUT2D eigenvalue weighted by atomic mass is 9.93. The number of pyridine rings is 1. The van der Waals surface area contributed by atoms with Crippen LogP contribution in [0.4, 0.5) is 0 Å². The van der Waals surface area contributed by atoms with Gasteiger partial charge in [0.1, 0.15) is 0 Å². The van der Waals surface area contributed by atoms with E-state index in [2.05, 4.69) is 5.10 Å². The molecular weight excluding hydrogens is 314 g/mol. The average Bonchev–Trinajstić information content (AvgIpc) is 3.24. The molecule has 2 aromatic heterocycles. The molecule has 0 saturated heterocycles. The maximum absolute atomic E-state index is 13.0. The van der Waals surface area contributed by atoms with Crippen LogP contribution in [0.2, 0.25) is 0 Å². The van der Waals surface area contributed by atoms with E-state index in [1.807, 2.05) is 36.9 Å². The second kappa shape index (κ2) is 7.81. The van der Waals surface area contributed by atoms with E-state index in [0.717, 1.165) is 37.1 Å². The topological polar surface area (TPSA) is 56.9 Å². The van der Waals surface area contributed by atoms with Gasteiger partial charge in [0.05, 0.1) is 18.2 Å². The Balaban J connectivity index is 1.83. The molecule has 0 aromatic carbocycles. The predicted molar refractivity (Wildman–Crippen MR) is 97.7 cm³/mol. The highest BCUT2D eigenvalue weighted by Gasteiger charge is 2.27. The molecule has 1 aliphatic carbocycles. The molecule has 2 heterocycles. The molecule has 0 amide bonds. The average molecular weight is 341 g/mol. The van der Waals surface area contributed by atoms with Gasteiger partial charge >= 0.3 is 0 Å². The molecule has 0 radical (unpaired) electrons. The molecule has 134 valence electrons. The number of hydrogen-bond donors (Lipinski definition) is 0. The van der Waals surface area contributed by atoms with Crippen molar-refractivity contribution >= 4 is 5.78 Å². The number of rotatable bonds is 7. The summed E-state index contributed by atoms with van der Waals surface area (Å²) in [5, 5.41) is 4.42. The maximum atomic E-state index is 13.0. The van der Waals surface area contributed by atoms with Crippen molar-refractivity contribution < 1.29 is 4.79 Å². The summed E-state index contributed by atoms with van der Waals surface area (Å²) in [6, 6.07) is 5.03. The Bertz CT molecular complexity index is 784. The molecule has 1 fully saturated rings. The van der Waals surface area contributed by atoms with E-state index in [1.165, 1.54) is 12.8 Å². The molecule has 0 bridgehead atoms. The lowest BCUT2D eigenvalue weighted by Gasteiger charge is -2.22. The van der Waals surface area contributed by atoms with Crippen molar-refractivity contribution in [2.24, 2.45) is 5.92 Å².